The molecule has 0 amide bonds. The van der Waals surface area contributed by atoms with Crippen molar-refractivity contribution in [3.63, 3.8) is 0 Å². The van der Waals surface area contributed by atoms with Crippen molar-refractivity contribution in [2.45, 2.75) is 26.3 Å². The van der Waals surface area contributed by atoms with Gasteiger partial charge in [-0.15, -0.1) is 0 Å². The number of benzene rings is 1. The van der Waals surface area contributed by atoms with Gasteiger partial charge in [0.1, 0.15) is 0 Å². The second-order valence-electron chi connectivity index (χ2n) is 4.48. The molecule has 0 unspecified atom stereocenters. The molecular weight excluding hydrogens is 236 g/mol. The SMILES string of the molecule is CCCCN(C)C(=NC)NCc1ccc(C#N)cc1. The van der Waals surface area contributed by atoms with Crippen LogP contribution in [0.15, 0.2) is 29.3 Å². The summed E-state index contributed by atoms with van der Waals surface area (Å²) in [5.41, 5.74) is 1.83. The predicted octanol–water partition coefficient (Wildman–Crippen LogP) is 2.37. The third-order valence-corrected chi connectivity index (χ3v) is 2.95. The first-order valence-corrected chi connectivity index (χ1v) is 6.62. The smallest absolute Gasteiger partial charge is 0.193 e. The Labute approximate surface area is 115 Å². The zero-order valence-electron chi connectivity index (χ0n) is 12.0. The molecule has 0 aromatic heterocycles. The summed E-state index contributed by atoms with van der Waals surface area (Å²) in [6, 6.07) is 9.71. The highest BCUT2D eigenvalue weighted by Crippen LogP contribution is 2.03. The zero-order valence-corrected chi connectivity index (χ0v) is 12.0. The molecular formula is C15H22N4. The highest BCUT2D eigenvalue weighted by atomic mass is 15.3. The van der Waals surface area contributed by atoms with Gasteiger partial charge in [-0.05, 0) is 24.1 Å². The van der Waals surface area contributed by atoms with E-state index in [0.717, 1.165) is 31.0 Å². The Hall–Kier alpha value is -2.02. The number of nitriles is 1. The average molecular weight is 258 g/mol. The first-order chi connectivity index (χ1) is 9.21. The van der Waals surface area contributed by atoms with Crippen molar-refractivity contribution in [3.8, 4) is 6.07 Å². The summed E-state index contributed by atoms with van der Waals surface area (Å²) in [6.45, 7) is 3.90. The Morgan fingerprint density at radius 1 is 1.37 bits per heavy atom. The first kappa shape index (κ1) is 15.0. The van der Waals surface area contributed by atoms with Crippen molar-refractivity contribution < 1.29 is 0 Å². The quantitative estimate of drug-likeness (QED) is 0.651. The summed E-state index contributed by atoms with van der Waals surface area (Å²) in [6.07, 6.45) is 2.34. The lowest BCUT2D eigenvalue weighted by Crippen LogP contribution is -2.38. The molecule has 1 rings (SSSR count). The third-order valence-electron chi connectivity index (χ3n) is 2.95. The normalized spacial score (nSPS) is 10.9. The molecule has 0 spiro atoms. The minimum Gasteiger partial charge on any atom is -0.352 e. The maximum absolute atomic E-state index is 8.75. The summed E-state index contributed by atoms with van der Waals surface area (Å²) in [5, 5.41) is 12.1. The van der Waals surface area contributed by atoms with Gasteiger partial charge in [-0.25, -0.2) is 0 Å². The summed E-state index contributed by atoms with van der Waals surface area (Å²) >= 11 is 0. The van der Waals surface area contributed by atoms with Crippen LogP contribution in [0.25, 0.3) is 0 Å². The molecule has 1 aromatic carbocycles. The molecule has 0 aliphatic heterocycles. The van der Waals surface area contributed by atoms with Crippen molar-refractivity contribution in [2.24, 2.45) is 4.99 Å². The van der Waals surface area contributed by atoms with Gasteiger partial charge in [0, 0.05) is 27.2 Å². The van der Waals surface area contributed by atoms with Gasteiger partial charge in [0.2, 0.25) is 0 Å². The fraction of sp³-hybridized carbons (Fsp3) is 0.467. The molecule has 1 N–H and O–H groups in total. The van der Waals surface area contributed by atoms with E-state index in [4.69, 9.17) is 5.26 Å². The van der Waals surface area contributed by atoms with Gasteiger partial charge in [-0.2, -0.15) is 5.26 Å². The molecule has 0 bridgehead atoms. The fourth-order valence-corrected chi connectivity index (χ4v) is 1.76. The number of nitrogens with one attached hydrogen (secondary N) is 1. The standard InChI is InChI=1S/C15H22N4/c1-4-5-10-19(3)15(17-2)18-12-14-8-6-13(11-16)7-9-14/h6-9H,4-5,10,12H2,1-3H3,(H,17,18). The number of rotatable bonds is 5. The Morgan fingerprint density at radius 2 is 2.05 bits per heavy atom. The number of guanidine groups is 1. The van der Waals surface area contributed by atoms with Crippen LogP contribution in [0.2, 0.25) is 0 Å². The average Bonchev–Trinajstić information content (AvgIpc) is 2.46. The third kappa shape index (κ3) is 5.01. The van der Waals surface area contributed by atoms with Crippen LogP contribution >= 0.6 is 0 Å². The number of nitrogens with zero attached hydrogens (tertiary/aromatic N) is 3. The van der Waals surface area contributed by atoms with Crippen LogP contribution in [0, 0.1) is 11.3 Å². The van der Waals surface area contributed by atoms with Crippen LogP contribution < -0.4 is 5.32 Å². The predicted molar refractivity (Wildman–Crippen MR) is 78.9 cm³/mol. The van der Waals surface area contributed by atoms with Crippen LogP contribution in [-0.2, 0) is 6.54 Å². The van der Waals surface area contributed by atoms with Gasteiger partial charge < -0.3 is 10.2 Å². The van der Waals surface area contributed by atoms with Crippen LogP contribution in [0.1, 0.15) is 30.9 Å². The van der Waals surface area contributed by atoms with E-state index in [9.17, 15) is 0 Å². The van der Waals surface area contributed by atoms with E-state index >= 15 is 0 Å². The largest absolute Gasteiger partial charge is 0.352 e. The minimum atomic E-state index is 0.688. The number of hydrogen-bond donors (Lipinski definition) is 1. The summed E-state index contributed by atoms with van der Waals surface area (Å²) in [4.78, 5) is 6.40. The molecule has 4 nitrogen and oxygen atoms in total. The van der Waals surface area contributed by atoms with E-state index < -0.39 is 0 Å². The van der Waals surface area contributed by atoms with Gasteiger partial charge in [0.05, 0.1) is 11.6 Å². The van der Waals surface area contributed by atoms with E-state index in [-0.39, 0.29) is 0 Å². The van der Waals surface area contributed by atoms with Crippen LogP contribution in [0.5, 0.6) is 0 Å². The second kappa shape index (κ2) is 8.15. The Kier molecular flexibility index (Phi) is 6.45. The molecule has 0 aliphatic rings. The van der Waals surface area contributed by atoms with Crippen molar-refractivity contribution >= 4 is 5.96 Å². The maximum atomic E-state index is 8.75. The fourth-order valence-electron chi connectivity index (χ4n) is 1.76. The molecule has 0 heterocycles. The van der Waals surface area contributed by atoms with Crippen LogP contribution in [0.4, 0.5) is 0 Å². The van der Waals surface area contributed by atoms with E-state index in [0.29, 0.717) is 5.56 Å². The van der Waals surface area contributed by atoms with Gasteiger partial charge in [0.25, 0.3) is 0 Å². The van der Waals surface area contributed by atoms with Gasteiger partial charge in [-0.3, -0.25) is 4.99 Å². The second-order valence-corrected chi connectivity index (χ2v) is 4.48. The lowest BCUT2D eigenvalue weighted by atomic mass is 10.1. The molecule has 0 radical (unpaired) electrons. The van der Waals surface area contributed by atoms with Gasteiger partial charge >= 0.3 is 0 Å². The molecule has 0 saturated carbocycles. The molecule has 19 heavy (non-hydrogen) atoms. The number of hydrogen-bond acceptors (Lipinski definition) is 2. The molecule has 1 aromatic rings. The van der Waals surface area contributed by atoms with E-state index in [2.05, 4.69) is 28.2 Å². The Morgan fingerprint density at radius 3 is 2.58 bits per heavy atom. The minimum absolute atomic E-state index is 0.688. The van der Waals surface area contributed by atoms with Crippen molar-refractivity contribution in [2.75, 3.05) is 20.6 Å². The molecule has 0 atom stereocenters. The van der Waals surface area contributed by atoms with Crippen LogP contribution in [-0.4, -0.2) is 31.5 Å². The summed E-state index contributed by atoms with van der Waals surface area (Å²) in [5.74, 6) is 0.901. The van der Waals surface area contributed by atoms with Crippen molar-refractivity contribution in [3.05, 3.63) is 35.4 Å². The van der Waals surface area contributed by atoms with Crippen molar-refractivity contribution in [1.29, 1.82) is 5.26 Å². The van der Waals surface area contributed by atoms with E-state index in [1.807, 2.05) is 31.3 Å². The van der Waals surface area contributed by atoms with Crippen LogP contribution in [0.3, 0.4) is 0 Å². The van der Waals surface area contributed by atoms with E-state index in [1.165, 1.54) is 6.42 Å². The van der Waals surface area contributed by atoms with Gasteiger partial charge in [-0.1, -0.05) is 25.5 Å². The zero-order chi connectivity index (χ0) is 14.1. The van der Waals surface area contributed by atoms with Crippen molar-refractivity contribution in [1.82, 2.24) is 10.2 Å². The number of aliphatic imine (C=N–C) groups is 1. The summed E-state index contributed by atoms with van der Waals surface area (Å²) in [7, 11) is 3.84. The number of unbranched alkanes of at least 4 members (excludes halogenated alkanes) is 1. The molecule has 0 saturated heterocycles. The molecule has 4 heteroatoms. The summed E-state index contributed by atoms with van der Waals surface area (Å²) < 4.78 is 0. The molecule has 0 fully saturated rings. The highest BCUT2D eigenvalue weighted by molar-refractivity contribution is 5.79. The lowest BCUT2D eigenvalue weighted by molar-refractivity contribution is 0.464. The topological polar surface area (TPSA) is 51.4 Å². The molecule has 102 valence electrons. The molecule has 0 aliphatic carbocycles. The first-order valence-electron chi connectivity index (χ1n) is 6.62. The monoisotopic (exact) mass is 258 g/mol. The lowest BCUT2D eigenvalue weighted by Gasteiger charge is -2.21. The highest BCUT2D eigenvalue weighted by Gasteiger charge is 2.04. The van der Waals surface area contributed by atoms with E-state index in [1.54, 1.807) is 7.05 Å². The maximum Gasteiger partial charge on any atom is 0.193 e. The Bertz CT molecular complexity index is 442. The Balaban J connectivity index is 2.51. The van der Waals surface area contributed by atoms with Gasteiger partial charge in [0.15, 0.2) is 5.96 Å².